The number of methoxy groups -OCH3 is 1. The summed E-state index contributed by atoms with van der Waals surface area (Å²) in [6.45, 7) is 2.84. The van der Waals surface area contributed by atoms with E-state index in [1.165, 1.54) is 38.3 Å². The maximum absolute atomic E-state index is 14.1. The van der Waals surface area contributed by atoms with Crippen LogP contribution in [0.2, 0.25) is 0 Å². The Morgan fingerprint density at radius 3 is 2.48 bits per heavy atom. The van der Waals surface area contributed by atoms with Crippen LogP contribution < -0.4 is 4.74 Å². The second-order valence-electron chi connectivity index (χ2n) is 4.79. The van der Waals surface area contributed by atoms with Crippen molar-refractivity contribution in [2.24, 2.45) is 5.16 Å². The van der Waals surface area contributed by atoms with Crippen molar-refractivity contribution < 1.29 is 23.9 Å². The van der Waals surface area contributed by atoms with E-state index < -0.39 is 11.8 Å². The molecule has 2 aromatic rings. The van der Waals surface area contributed by atoms with Gasteiger partial charge in [0.05, 0.1) is 7.11 Å². The molecule has 1 N–H and O–H groups in total. The summed E-state index contributed by atoms with van der Waals surface area (Å²) in [7, 11) is 1.48. The fraction of sp³-hybridized carbons (Fsp3) is 0.176. The Morgan fingerprint density at radius 1 is 1.17 bits per heavy atom. The van der Waals surface area contributed by atoms with Crippen LogP contribution in [-0.4, -0.2) is 23.9 Å². The Labute approximate surface area is 133 Å². The molecule has 0 fully saturated rings. The Hall–Kier alpha value is -2.89. The largest absolute Gasteiger partial charge is 0.507 e. The minimum absolute atomic E-state index is 0.0153. The average Bonchev–Trinajstić information content (AvgIpc) is 2.52. The Kier molecular flexibility index (Phi) is 4.95. The van der Waals surface area contributed by atoms with E-state index in [4.69, 9.17) is 4.74 Å². The van der Waals surface area contributed by atoms with Crippen LogP contribution in [0.1, 0.15) is 23.6 Å². The molecule has 0 aliphatic heterocycles. The summed E-state index contributed by atoms with van der Waals surface area (Å²) in [5, 5.41) is 14.1. The minimum atomic E-state index is -0.649. The number of phenols is 1. The summed E-state index contributed by atoms with van der Waals surface area (Å²) in [6, 6.07) is 9.03. The lowest BCUT2D eigenvalue weighted by Crippen LogP contribution is -2.09. The molecule has 0 saturated carbocycles. The maximum atomic E-state index is 14.1. The third kappa shape index (κ3) is 3.48. The van der Waals surface area contributed by atoms with E-state index in [0.29, 0.717) is 11.3 Å². The van der Waals surface area contributed by atoms with E-state index in [1.807, 2.05) is 0 Å². The van der Waals surface area contributed by atoms with Gasteiger partial charge in [-0.05, 0) is 31.2 Å². The van der Waals surface area contributed by atoms with Crippen molar-refractivity contribution >= 4 is 11.7 Å². The van der Waals surface area contributed by atoms with Gasteiger partial charge in [0.1, 0.15) is 23.0 Å². The SMILES string of the molecule is COc1ccc(/C(=N/OC(C)=O)c2ccccc2F)c(O)c1C. The van der Waals surface area contributed by atoms with Crippen LogP contribution in [0.25, 0.3) is 0 Å². The zero-order valence-corrected chi connectivity index (χ0v) is 13.0. The molecule has 0 aliphatic rings. The predicted octanol–water partition coefficient (Wildman–Crippen LogP) is 3.16. The number of oxime groups is 1. The fourth-order valence-electron chi connectivity index (χ4n) is 2.10. The van der Waals surface area contributed by atoms with Crippen LogP contribution >= 0.6 is 0 Å². The molecule has 6 heteroatoms. The highest BCUT2D eigenvalue weighted by molar-refractivity contribution is 6.14. The van der Waals surface area contributed by atoms with Gasteiger partial charge in [-0.3, -0.25) is 0 Å². The fourth-order valence-corrected chi connectivity index (χ4v) is 2.10. The quantitative estimate of drug-likeness (QED) is 0.534. The molecule has 0 heterocycles. The standard InChI is InChI=1S/C17H16FNO4/c1-10-15(22-3)9-8-13(17(10)21)16(19-23-11(2)20)12-6-4-5-7-14(12)18/h4-9,21H,1-3H3/b19-16+. The number of phenolic OH excluding ortho intramolecular Hbond substituents is 1. The number of carbonyl (C=O) groups excluding carboxylic acids is 1. The van der Waals surface area contributed by atoms with Crippen molar-refractivity contribution in [3.63, 3.8) is 0 Å². The van der Waals surface area contributed by atoms with Crippen molar-refractivity contribution in [2.45, 2.75) is 13.8 Å². The molecular weight excluding hydrogens is 301 g/mol. The summed E-state index contributed by atoms with van der Waals surface area (Å²) in [5.41, 5.74) is 0.821. The number of hydrogen-bond donors (Lipinski definition) is 1. The summed E-state index contributed by atoms with van der Waals surface area (Å²) in [4.78, 5) is 15.7. The predicted molar refractivity (Wildman–Crippen MR) is 83.2 cm³/mol. The van der Waals surface area contributed by atoms with Crippen molar-refractivity contribution in [3.05, 3.63) is 58.9 Å². The number of nitrogens with zero attached hydrogens (tertiary/aromatic N) is 1. The van der Waals surface area contributed by atoms with Gasteiger partial charge in [0.15, 0.2) is 0 Å². The van der Waals surface area contributed by atoms with E-state index in [0.717, 1.165) is 0 Å². The number of benzene rings is 2. The second kappa shape index (κ2) is 6.91. The molecule has 0 atom stereocenters. The molecule has 0 saturated heterocycles. The maximum Gasteiger partial charge on any atom is 0.332 e. The highest BCUT2D eigenvalue weighted by Gasteiger charge is 2.19. The van der Waals surface area contributed by atoms with Crippen molar-refractivity contribution in [1.29, 1.82) is 0 Å². The van der Waals surface area contributed by atoms with Crippen molar-refractivity contribution in [3.8, 4) is 11.5 Å². The number of hydrogen-bond acceptors (Lipinski definition) is 5. The van der Waals surface area contributed by atoms with Crippen LogP contribution in [0.5, 0.6) is 11.5 Å². The molecule has 2 aromatic carbocycles. The first kappa shape index (κ1) is 16.5. The van der Waals surface area contributed by atoms with Gasteiger partial charge in [-0.15, -0.1) is 0 Å². The monoisotopic (exact) mass is 317 g/mol. The van der Waals surface area contributed by atoms with Crippen LogP contribution in [0.15, 0.2) is 41.6 Å². The molecule has 0 aromatic heterocycles. The lowest BCUT2D eigenvalue weighted by Gasteiger charge is -2.13. The van der Waals surface area contributed by atoms with Gasteiger partial charge < -0.3 is 14.7 Å². The van der Waals surface area contributed by atoms with E-state index >= 15 is 0 Å². The topological polar surface area (TPSA) is 68.1 Å². The highest BCUT2D eigenvalue weighted by atomic mass is 19.1. The zero-order valence-electron chi connectivity index (χ0n) is 13.0. The number of carbonyl (C=O) groups is 1. The molecule has 23 heavy (non-hydrogen) atoms. The Morgan fingerprint density at radius 2 is 1.87 bits per heavy atom. The van der Waals surface area contributed by atoms with Crippen LogP contribution in [0.3, 0.4) is 0 Å². The third-order valence-corrected chi connectivity index (χ3v) is 3.25. The van der Waals surface area contributed by atoms with E-state index in [1.54, 1.807) is 19.1 Å². The molecule has 0 radical (unpaired) electrons. The molecule has 0 amide bonds. The van der Waals surface area contributed by atoms with Gasteiger partial charge in [0.25, 0.3) is 0 Å². The van der Waals surface area contributed by atoms with Crippen molar-refractivity contribution in [2.75, 3.05) is 7.11 Å². The molecule has 120 valence electrons. The molecule has 0 spiro atoms. The summed E-state index contributed by atoms with van der Waals surface area (Å²) in [5.74, 6) is -0.847. The zero-order chi connectivity index (χ0) is 17.0. The van der Waals surface area contributed by atoms with E-state index in [-0.39, 0.29) is 22.6 Å². The minimum Gasteiger partial charge on any atom is -0.507 e. The van der Waals surface area contributed by atoms with Crippen LogP contribution in [-0.2, 0) is 9.63 Å². The average molecular weight is 317 g/mol. The lowest BCUT2D eigenvalue weighted by molar-refractivity contribution is -0.140. The highest BCUT2D eigenvalue weighted by Crippen LogP contribution is 2.32. The smallest absolute Gasteiger partial charge is 0.332 e. The second-order valence-corrected chi connectivity index (χ2v) is 4.79. The van der Waals surface area contributed by atoms with Crippen LogP contribution in [0, 0.1) is 12.7 Å². The van der Waals surface area contributed by atoms with Gasteiger partial charge in [0.2, 0.25) is 0 Å². The molecule has 0 bridgehead atoms. The first-order valence-corrected chi connectivity index (χ1v) is 6.83. The van der Waals surface area contributed by atoms with Gasteiger partial charge in [-0.1, -0.05) is 17.3 Å². The summed E-state index contributed by atoms with van der Waals surface area (Å²) < 4.78 is 19.2. The number of aromatic hydroxyl groups is 1. The van der Waals surface area contributed by atoms with Gasteiger partial charge in [0, 0.05) is 23.6 Å². The van der Waals surface area contributed by atoms with E-state index in [2.05, 4.69) is 9.99 Å². The van der Waals surface area contributed by atoms with E-state index in [9.17, 15) is 14.3 Å². The molecular formula is C17H16FNO4. The molecule has 2 rings (SSSR count). The Bertz CT molecular complexity index is 771. The van der Waals surface area contributed by atoms with Crippen molar-refractivity contribution in [1.82, 2.24) is 0 Å². The molecule has 0 aliphatic carbocycles. The number of rotatable bonds is 4. The van der Waals surface area contributed by atoms with Gasteiger partial charge in [-0.2, -0.15) is 0 Å². The normalized spacial score (nSPS) is 11.2. The van der Waals surface area contributed by atoms with Gasteiger partial charge >= 0.3 is 5.97 Å². The first-order chi connectivity index (χ1) is 11.0. The lowest BCUT2D eigenvalue weighted by atomic mass is 9.98. The molecule has 0 unspecified atom stereocenters. The summed E-state index contributed by atoms with van der Waals surface area (Å²) >= 11 is 0. The number of halogens is 1. The molecule has 5 nitrogen and oxygen atoms in total. The first-order valence-electron chi connectivity index (χ1n) is 6.83. The number of ether oxygens (including phenoxy) is 1. The van der Waals surface area contributed by atoms with Crippen LogP contribution in [0.4, 0.5) is 4.39 Å². The third-order valence-electron chi connectivity index (χ3n) is 3.25. The summed E-state index contributed by atoms with van der Waals surface area (Å²) in [6.07, 6.45) is 0. The Balaban J connectivity index is 2.64. The van der Waals surface area contributed by atoms with Gasteiger partial charge in [-0.25, -0.2) is 9.18 Å².